The van der Waals surface area contributed by atoms with Crippen LogP contribution in [0, 0.1) is 5.92 Å². The van der Waals surface area contributed by atoms with Crippen molar-refractivity contribution in [2.75, 3.05) is 23.8 Å². The van der Waals surface area contributed by atoms with Crippen LogP contribution in [0.5, 0.6) is 0 Å². The molecule has 5 heteroatoms. The third-order valence-electron chi connectivity index (χ3n) is 2.62. The van der Waals surface area contributed by atoms with Crippen LogP contribution in [0.1, 0.15) is 6.42 Å². The molecule has 0 aromatic rings. The van der Waals surface area contributed by atoms with Crippen molar-refractivity contribution in [3.8, 4) is 0 Å². The van der Waals surface area contributed by atoms with E-state index in [1.165, 1.54) is 23.3 Å². The number of nitrogens with one attached hydrogen (secondary N) is 1. The lowest BCUT2D eigenvalue weighted by Crippen LogP contribution is -2.34. The van der Waals surface area contributed by atoms with Crippen molar-refractivity contribution in [3.05, 3.63) is 11.5 Å². The van der Waals surface area contributed by atoms with Crippen molar-refractivity contribution >= 4 is 21.6 Å². The molecule has 2 unspecified atom stereocenters. The average molecular weight is 233 g/mol. The normalized spacial score (nSPS) is 35.1. The quantitative estimate of drug-likeness (QED) is 0.777. The zero-order chi connectivity index (χ0) is 10.0. The Kier molecular flexibility index (Phi) is 3.19. The maximum Gasteiger partial charge on any atom is 0.173 e. The second-order valence-corrected chi connectivity index (χ2v) is 6.98. The summed E-state index contributed by atoms with van der Waals surface area (Å²) in [6.45, 7) is 0.956. The lowest BCUT2D eigenvalue weighted by Gasteiger charge is -2.13. The fraction of sp³-hybridized carbons (Fsp3) is 0.778. The molecular weight excluding hydrogens is 218 g/mol. The molecule has 0 aromatic heterocycles. The van der Waals surface area contributed by atoms with Gasteiger partial charge >= 0.3 is 0 Å². The molecule has 2 rings (SSSR count). The minimum absolute atomic E-state index is 0.0469. The summed E-state index contributed by atoms with van der Waals surface area (Å²) in [5.41, 5.74) is 0. The van der Waals surface area contributed by atoms with Crippen molar-refractivity contribution in [2.45, 2.75) is 12.5 Å². The summed E-state index contributed by atoms with van der Waals surface area (Å²) in [5.74, 6) is 3.45. The van der Waals surface area contributed by atoms with Gasteiger partial charge in [0.2, 0.25) is 0 Å². The Bertz CT molecular complexity index is 318. The van der Waals surface area contributed by atoms with E-state index in [9.17, 15) is 8.42 Å². The lowest BCUT2D eigenvalue weighted by molar-refractivity contribution is 0.504. The first-order chi connectivity index (χ1) is 6.66. The van der Waals surface area contributed by atoms with Gasteiger partial charge in [-0.15, -0.1) is 0 Å². The molecule has 0 aromatic carbocycles. The second kappa shape index (κ2) is 4.24. The van der Waals surface area contributed by atoms with E-state index < -0.39 is 9.84 Å². The van der Waals surface area contributed by atoms with Gasteiger partial charge < -0.3 is 5.32 Å². The average Bonchev–Trinajstić information content (AvgIpc) is 2.70. The second-order valence-electron chi connectivity index (χ2n) is 3.90. The van der Waals surface area contributed by atoms with Crippen molar-refractivity contribution < 1.29 is 8.42 Å². The number of hydrogen-bond acceptors (Lipinski definition) is 4. The Hall–Kier alpha value is -0.0000000000000000555. The van der Waals surface area contributed by atoms with E-state index in [2.05, 4.69) is 5.32 Å². The highest BCUT2D eigenvalue weighted by atomic mass is 32.2. The Morgan fingerprint density at radius 1 is 1.50 bits per heavy atom. The Morgan fingerprint density at radius 2 is 2.36 bits per heavy atom. The first-order valence-corrected chi connectivity index (χ1v) is 7.75. The van der Waals surface area contributed by atoms with E-state index in [1.54, 1.807) is 6.08 Å². The fourth-order valence-electron chi connectivity index (χ4n) is 1.77. The van der Waals surface area contributed by atoms with Crippen LogP contribution < -0.4 is 5.32 Å². The van der Waals surface area contributed by atoms with E-state index in [1.807, 2.05) is 11.8 Å². The van der Waals surface area contributed by atoms with E-state index in [0.29, 0.717) is 0 Å². The van der Waals surface area contributed by atoms with Gasteiger partial charge in [-0.3, -0.25) is 0 Å². The molecule has 0 spiro atoms. The van der Waals surface area contributed by atoms with E-state index >= 15 is 0 Å². The molecule has 2 atom stereocenters. The molecule has 2 heterocycles. The summed E-state index contributed by atoms with van der Waals surface area (Å²) in [7, 11) is -2.89. The molecule has 0 bridgehead atoms. The number of thioether (sulfide) groups is 1. The van der Waals surface area contributed by atoms with Gasteiger partial charge in [-0.2, -0.15) is 11.8 Å². The monoisotopic (exact) mass is 233 g/mol. The van der Waals surface area contributed by atoms with Crippen LogP contribution in [0.25, 0.3) is 0 Å². The van der Waals surface area contributed by atoms with Gasteiger partial charge in [0.25, 0.3) is 0 Å². The van der Waals surface area contributed by atoms with Crippen molar-refractivity contribution in [1.82, 2.24) is 5.32 Å². The summed E-state index contributed by atoms with van der Waals surface area (Å²) >= 11 is 1.99. The lowest BCUT2D eigenvalue weighted by atomic mass is 10.1. The third-order valence-corrected chi connectivity index (χ3v) is 5.25. The first-order valence-electron chi connectivity index (χ1n) is 4.88. The van der Waals surface area contributed by atoms with Crippen molar-refractivity contribution in [1.29, 1.82) is 0 Å². The van der Waals surface area contributed by atoms with Crippen LogP contribution in [0.15, 0.2) is 11.5 Å². The van der Waals surface area contributed by atoms with Gasteiger partial charge in [-0.25, -0.2) is 8.42 Å². The van der Waals surface area contributed by atoms with E-state index in [4.69, 9.17) is 0 Å². The topological polar surface area (TPSA) is 46.2 Å². The molecule has 0 amide bonds. The highest BCUT2D eigenvalue weighted by molar-refractivity contribution is 7.99. The van der Waals surface area contributed by atoms with Crippen LogP contribution >= 0.6 is 11.8 Å². The van der Waals surface area contributed by atoms with E-state index in [-0.39, 0.29) is 11.8 Å². The zero-order valence-electron chi connectivity index (χ0n) is 7.98. The van der Waals surface area contributed by atoms with Crippen LogP contribution in [-0.2, 0) is 9.84 Å². The molecule has 2 aliphatic rings. The first kappa shape index (κ1) is 10.5. The minimum Gasteiger partial charge on any atom is -0.309 e. The van der Waals surface area contributed by atoms with Gasteiger partial charge in [0, 0.05) is 11.4 Å². The summed E-state index contributed by atoms with van der Waals surface area (Å²) < 4.78 is 22.2. The van der Waals surface area contributed by atoms with Gasteiger partial charge in [-0.1, -0.05) is 6.08 Å². The molecule has 80 valence electrons. The Balaban J connectivity index is 1.75. The Morgan fingerprint density at radius 3 is 2.93 bits per heavy atom. The van der Waals surface area contributed by atoms with Crippen LogP contribution in [0.2, 0.25) is 0 Å². The third kappa shape index (κ3) is 2.74. The van der Waals surface area contributed by atoms with Gasteiger partial charge in [0.05, 0.1) is 5.75 Å². The molecule has 0 aliphatic carbocycles. The SMILES string of the molecule is O=S1(=O)C=CC(NCC2CCSC2)C1. The van der Waals surface area contributed by atoms with Crippen LogP contribution in [0.4, 0.5) is 0 Å². The fourth-order valence-corrected chi connectivity index (χ4v) is 4.32. The standard InChI is InChI=1S/C9H15NO2S2/c11-14(12)4-2-9(7-14)10-5-8-1-3-13-6-8/h2,4,8-10H,1,3,5-7H2. The smallest absolute Gasteiger partial charge is 0.173 e. The predicted octanol–water partition coefficient (Wildman–Crippen LogP) is 0.640. The molecule has 0 radical (unpaired) electrons. The van der Waals surface area contributed by atoms with Gasteiger partial charge in [0.1, 0.15) is 0 Å². The maximum atomic E-state index is 11.1. The number of hydrogen-bond donors (Lipinski definition) is 1. The highest BCUT2D eigenvalue weighted by Crippen LogP contribution is 2.22. The summed E-state index contributed by atoms with van der Waals surface area (Å²) in [4.78, 5) is 0. The molecule has 1 saturated heterocycles. The summed E-state index contributed by atoms with van der Waals surface area (Å²) in [6, 6.07) is 0.0469. The molecule has 14 heavy (non-hydrogen) atoms. The zero-order valence-corrected chi connectivity index (χ0v) is 9.61. The van der Waals surface area contributed by atoms with Gasteiger partial charge in [0.15, 0.2) is 9.84 Å². The summed E-state index contributed by atoms with van der Waals surface area (Å²) in [5, 5.41) is 4.63. The highest BCUT2D eigenvalue weighted by Gasteiger charge is 2.23. The molecule has 1 N–H and O–H groups in total. The Labute approximate surface area is 89.3 Å². The molecular formula is C9H15NO2S2. The van der Waals surface area contributed by atoms with Gasteiger partial charge in [-0.05, 0) is 30.4 Å². The van der Waals surface area contributed by atoms with Crippen molar-refractivity contribution in [3.63, 3.8) is 0 Å². The van der Waals surface area contributed by atoms with Crippen LogP contribution in [-0.4, -0.2) is 38.3 Å². The number of sulfone groups is 1. The molecule has 1 fully saturated rings. The van der Waals surface area contributed by atoms with Crippen molar-refractivity contribution in [2.24, 2.45) is 5.92 Å². The molecule has 2 aliphatic heterocycles. The predicted molar refractivity (Wildman–Crippen MR) is 60.1 cm³/mol. The molecule has 0 saturated carbocycles. The van der Waals surface area contributed by atoms with Crippen LogP contribution in [0.3, 0.4) is 0 Å². The van der Waals surface area contributed by atoms with E-state index in [0.717, 1.165) is 12.5 Å². The maximum absolute atomic E-state index is 11.1. The molecule has 3 nitrogen and oxygen atoms in total. The summed E-state index contributed by atoms with van der Waals surface area (Å²) in [6.07, 6.45) is 3.03. The number of rotatable bonds is 3. The minimum atomic E-state index is -2.89. The largest absolute Gasteiger partial charge is 0.309 e.